The van der Waals surface area contributed by atoms with Crippen LogP contribution in [0.3, 0.4) is 0 Å². The normalized spacial score (nSPS) is 12.0. The predicted molar refractivity (Wildman–Crippen MR) is 94.5 cm³/mol. The summed E-state index contributed by atoms with van der Waals surface area (Å²) in [6.45, 7) is 15.4. The van der Waals surface area contributed by atoms with Crippen molar-refractivity contribution >= 4 is 17.4 Å². The minimum atomic E-state index is 0.0468. The van der Waals surface area contributed by atoms with E-state index in [0.29, 0.717) is 5.88 Å². The lowest BCUT2D eigenvalue weighted by atomic mass is 9.91. The maximum atomic E-state index is 6.08. The maximum absolute atomic E-state index is 6.08. The van der Waals surface area contributed by atoms with E-state index < -0.39 is 0 Å². The van der Waals surface area contributed by atoms with Crippen LogP contribution >= 0.6 is 11.6 Å². The van der Waals surface area contributed by atoms with E-state index in [1.165, 1.54) is 12.8 Å². The number of aromatic nitrogens is 1. The molecule has 0 atom stereocenters. The van der Waals surface area contributed by atoms with E-state index in [4.69, 9.17) is 16.6 Å². The van der Waals surface area contributed by atoms with Crippen molar-refractivity contribution in [3.63, 3.8) is 0 Å². The van der Waals surface area contributed by atoms with Gasteiger partial charge in [-0.1, -0.05) is 47.5 Å². The van der Waals surface area contributed by atoms with Crippen molar-refractivity contribution in [2.24, 2.45) is 5.92 Å². The van der Waals surface area contributed by atoms with Crippen LogP contribution in [0.1, 0.15) is 65.6 Å². The summed E-state index contributed by atoms with van der Waals surface area (Å²) in [6.07, 6.45) is 2.43. The van der Waals surface area contributed by atoms with Gasteiger partial charge in [-0.2, -0.15) is 0 Å². The minimum absolute atomic E-state index is 0.0468. The van der Waals surface area contributed by atoms with Gasteiger partial charge in [0.05, 0.1) is 0 Å². The van der Waals surface area contributed by atoms with Crippen LogP contribution in [0.2, 0.25) is 0 Å². The molecule has 0 unspecified atom stereocenters. The van der Waals surface area contributed by atoms with Crippen LogP contribution in [-0.2, 0) is 11.3 Å². The number of alkyl halides is 1. The van der Waals surface area contributed by atoms with Gasteiger partial charge in [-0.05, 0) is 30.5 Å². The molecule has 21 heavy (non-hydrogen) atoms. The molecule has 1 heterocycles. The number of hydrogen-bond donors (Lipinski definition) is 0. The van der Waals surface area contributed by atoms with Crippen molar-refractivity contribution in [3.8, 4) is 0 Å². The molecule has 0 aromatic carbocycles. The van der Waals surface area contributed by atoms with Crippen LogP contribution in [0.25, 0.3) is 0 Å². The Morgan fingerprint density at radius 3 is 2.19 bits per heavy atom. The molecule has 0 aliphatic carbocycles. The Labute approximate surface area is 135 Å². The van der Waals surface area contributed by atoms with Gasteiger partial charge in [0, 0.05) is 30.1 Å². The van der Waals surface area contributed by atoms with E-state index in [9.17, 15) is 0 Å². The molecule has 0 bridgehead atoms. The molecule has 1 rings (SSSR count). The fourth-order valence-electron chi connectivity index (χ4n) is 2.44. The highest BCUT2D eigenvalue weighted by molar-refractivity contribution is 6.17. The Hall–Kier alpha value is -0.760. The Balaban J connectivity index is 3.13. The Morgan fingerprint density at radius 2 is 1.76 bits per heavy atom. The lowest BCUT2D eigenvalue weighted by Gasteiger charge is -2.29. The molecular formula is C18H31ClN2. The summed E-state index contributed by atoms with van der Waals surface area (Å²) in [5.41, 5.74) is 2.33. The van der Waals surface area contributed by atoms with Crippen LogP contribution in [0.5, 0.6) is 0 Å². The first kappa shape index (κ1) is 18.3. The fraction of sp³-hybridized carbons (Fsp3) is 0.722. The Bertz CT molecular complexity index is 433. The van der Waals surface area contributed by atoms with Gasteiger partial charge in [-0.25, -0.2) is 4.98 Å². The summed E-state index contributed by atoms with van der Waals surface area (Å²) >= 11 is 6.08. The molecule has 0 saturated heterocycles. The van der Waals surface area contributed by atoms with Gasteiger partial charge in [-0.3, -0.25) is 0 Å². The molecule has 0 radical (unpaired) electrons. The van der Waals surface area contributed by atoms with Crippen molar-refractivity contribution in [1.82, 2.24) is 4.98 Å². The fourth-order valence-corrected chi connectivity index (χ4v) is 2.59. The smallest absolute Gasteiger partial charge is 0.129 e. The highest BCUT2D eigenvalue weighted by Gasteiger charge is 2.19. The highest BCUT2D eigenvalue weighted by atomic mass is 35.5. The molecule has 1 aromatic rings. The predicted octanol–water partition coefficient (Wildman–Crippen LogP) is 5.38. The molecule has 1 aromatic heterocycles. The summed E-state index contributed by atoms with van der Waals surface area (Å²) in [7, 11) is 0. The second-order valence-electron chi connectivity index (χ2n) is 6.82. The molecule has 2 nitrogen and oxygen atoms in total. The van der Waals surface area contributed by atoms with E-state index in [-0.39, 0.29) is 5.41 Å². The number of anilines is 1. The third kappa shape index (κ3) is 5.18. The van der Waals surface area contributed by atoms with Gasteiger partial charge in [0.15, 0.2) is 0 Å². The standard InChI is InChI=1S/C18H31ClN2/c1-7-14(8-2)13-21(9-3)17-11-15(12-19)10-16(20-17)18(4,5)6/h10-11,14H,7-9,12-13H2,1-6H3. The number of hydrogen-bond acceptors (Lipinski definition) is 2. The summed E-state index contributed by atoms with van der Waals surface area (Å²) in [5, 5.41) is 0. The quantitative estimate of drug-likeness (QED) is 0.628. The summed E-state index contributed by atoms with van der Waals surface area (Å²) < 4.78 is 0. The Morgan fingerprint density at radius 1 is 1.14 bits per heavy atom. The van der Waals surface area contributed by atoms with Crippen LogP contribution in [0.15, 0.2) is 12.1 Å². The zero-order chi connectivity index (χ0) is 16.0. The third-order valence-electron chi connectivity index (χ3n) is 4.13. The first-order chi connectivity index (χ1) is 9.85. The SMILES string of the molecule is CCC(CC)CN(CC)c1cc(CCl)cc(C(C)(C)C)n1. The minimum Gasteiger partial charge on any atom is -0.357 e. The van der Waals surface area contributed by atoms with E-state index in [1.54, 1.807) is 0 Å². The molecule has 0 spiro atoms. The van der Waals surface area contributed by atoms with Crippen molar-refractivity contribution in [1.29, 1.82) is 0 Å². The number of rotatable bonds is 7. The summed E-state index contributed by atoms with van der Waals surface area (Å²) in [5.74, 6) is 2.35. The number of halogens is 1. The molecule has 0 aliphatic heterocycles. The third-order valence-corrected chi connectivity index (χ3v) is 4.44. The average Bonchev–Trinajstić information content (AvgIpc) is 2.47. The van der Waals surface area contributed by atoms with Gasteiger partial charge in [0.1, 0.15) is 5.82 Å². The molecule has 0 N–H and O–H groups in total. The molecule has 0 aliphatic rings. The first-order valence-electron chi connectivity index (χ1n) is 8.17. The van der Waals surface area contributed by atoms with E-state index >= 15 is 0 Å². The summed E-state index contributed by atoms with van der Waals surface area (Å²) in [6, 6.07) is 4.29. The zero-order valence-corrected chi connectivity index (χ0v) is 15.3. The van der Waals surface area contributed by atoms with Crippen LogP contribution in [0, 0.1) is 5.92 Å². The second kappa shape index (κ2) is 8.03. The molecule has 120 valence electrons. The zero-order valence-electron chi connectivity index (χ0n) is 14.5. The topological polar surface area (TPSA) is 16.1 Å². The van der Waals surface area contributed by atoms with E-state index in [0.717, 1.165) is 36.1 Å². The lowest BCUT2D eigenvalue weighted by molar-refractivity contribution is 0.483. The molecule has 0 amide bonds. The number of nitrogens with zero attached hydrogens (tertiary/aromatic N) is 2. The van der Waals surface area contributed by atoms with Gasteiger partial charge in [-0.15, -0.1) is 11.6 Å². The van der Waals surface area contributed by atoms with Crippen LogP contribution in [0.4, 0.5) is 5.82 Å². The molecular weight excluding hydrogens is 280 g/mol. The van der Waals surface area contributed by atoms with E-state index in [1.807, 2.05) is 0 Å². The van der Waals surface area contributed by atoms with Crippen LogP contribution in [-0.4, -0.2) is 18.1 Å². The molecule has 0 saturated carbocycles. The van der Waals surface area contributed by atoms with Gasteiger partial charge in [0.2, 0.25) is 0 Å². The van der Waals surface area contributed by atoms with Gasteiger partial charge < -0.3 is 4.90 Å². The Kier molecular flexibility index (Phi) is 6.99. The highest BCUT2D eigenvalue weighted by Crippen LogP contribution is 2.26. The van der Waals surface area contributed by atoms with Gasteiger partial charge in [0.25, 0.3) is 0 Å². The molecule has 0 fully saturated rings. The van der Waals surface area contributed by atoms with Crippen molar-refractivity contribution in [3.05, 3.63) is 23.4 Å². The van der Waals surface area contributed by atoms with Crippen molar-refractivity contribution in [2.45, 2.75) is 65.7 Å². The maximum Gasteiger partial charge on any atom is 0.129 e. The second-order valence-corrected chi connectivity index (χ2v) is 7.09. The van der Waals surface area contributed by atoms with Gasteiger partial charge >= 0.3 is 0 Å². The lowest BCUT2D eigenvalue weighted by Crippen LogP contribution is -2.30. The first-order valence-corrected chi connectivity index (χ1v) is 8.71. The van der Waals surface area contributed by atoms with Crippen LogP contribution < -0.4 is 4.90 Å². The molecule has 3 heteroatoms. The summed E-state index contributed by atoms with van der Waals surface area (Å²) in [4.78, 5) is 7.30. The van der Waals surface area contributed by atoms with E-state index in [2.05, 4.69) is 58.6 Å². The van der Waals surface area contributed by atoms with Crippen molar-refractivity contribution in [2.75, 3.05) is 18.0 Å². The number of pyridine rings is 1. The largest absolute Gasteiger partial charge is 0.357 e. The average molecular weight is 311 g/mol. The van der Waals surface area contributed by atoms with Crippen molar-refractivity contribution < 1.29 is 0 Å². The monoisotopic (exact) mass is 310 g/mol.